The SMILES string of the molecule is CC1=CCN(C(c2ccccc2)(c2ccccc2)c2ccccc2)C=C1Br. The maximum absolute atomic E-state index is 3.76. The van der Waals surface area contributed by atoms with Crippen molar-refractivity contribution < 1.29 is 0 Å². The Balaban J connectivity index is 2.05. The van der Waals surface area contributed by atoms with E-state index in [1.165, 1.54) is 22.3 Å². The van der Waals surface area contributed by atoms with Crippen LogP contribution in [0.2, 0.25) is 0 Å². The lowest BCUT2D eigenvalue weighted by atomic mass is 9.75. The van der Waals surface area contributed by atoms with Gasteiger partial charge in [0.2, 0.25) is 0 Å². The topological polar surface area (TPSA) is 3.24 Å². The van der Waals surface area contributed by atoms with Crippen LogP contribution in [0.25, 0.3) is 0 Å². The van der Waals surface area contributed by atoms with Crippen LogP contribution < -0.4 is 0 Å². The summed E-state index contributed by atoms with van der Waals surface area (Å²) in [5.41, 5.74) is 4.64. The molecular weight excluding hydrogens is 394 g/mol. The maximum Gasteiger partial charge on any atom is 0.116 e. The Labute approximate surface area is 169 Å². The summed E-state index contributed by atoms with van der Waals surface area (Å²) in [4.78, 5) is 2.43. The molecule has 134 valence electrons. The van der Waals surface area contributed by atoms with Gasteiger partial charge in [-0.05, 0) is 45.1 Å². The van der Waals surface area contributed by atoms with Gasteiger partial charge in [-0.15, -0.1) is 0 Å². The van der Waals surface area contributed by atoms with Crippen LogP contribution in [0, 0.1) is 0 Å². The van der Waals surface area contributed by atoms with E-state index in [-0.39, 0.29) is 0 Å². The number of nitrogens with zero attached hydrogens (tertiary/aromatic N) is 1. The third-order valence-corrected chi connectivity index (χ3v) is 6.08. The molecule has 3 aromatic carbocycles. The first-order chi connectivity index (χ1) is 13.2. The molecule has 0 fully saturated rings. The predicted molar refractivity (Wildman–Crippen MR) is 117 cm³/mol. The second kappa shape index (κ2) is 7.58. The first-order valence-electron chi connectivity index (χ1n) is 9.20. The van der Waals surface area contributed by atoms with Crippen molar-refractivity contribution in [2.24, 2.45) is 0 Å². The molecule has 1 heterocycles. The largest absolute Gasteiger partial charge is 0.355 e. The molecule has 0 saturated heterocycles. The van der Waals surface area contributed by atoms with Crippen molar-refractivity contribution in [3.05, 3.63) is 130 Å². The molecule has 0 aliphatic carbocycles. The van der Waals surface area contributed by atoms with Crippen LogP contribution in [0.5, 0.6) is 0 Å². The molecule has 0 spiro atoms. The Kier molecular flexibility index (Phi) is 5.00. The molecule has 3 aromatic rings. The van der Waals surface area contributed by atoms with Crippen LogP contribution in [-0.4, -0.2) is 11.4 Å². The van der Waals surface area contributed by atoms with Gasteiger partial charge >= 0.3 is 0 Å². The molecule has 0 atom stereocenters. The van der Waals surface area contributed by atoms with Gasteiger partial charge in [0.05, 0.1) is 0 Å². The Morgan fingerprint density at radius 2 is 1.11 bits per heavy atom. The van der Waals surface area contributed by atoms with Gasteiger partial charge < -0.3 is 4.90 Å². The summed E-state index contributed by atoms with van der Waals surface area (Å²) in [6, 6.07) is 32.4. The van der Waals surface area contributed by atoms with Crippen molar-refractivity contribution in [3.63, 3.8) is 0 Å². The summed E-state index contributed by atoms with van der Waals surface area (Å²) in [6.45, 7) is 2.99. The minimum Gasteiger partial charge on any atom is -0.355 e. The third kappa shape index (κ3) is 3.15. The molecule has 2 heteroatoms. The molecule has 0 unspecified atom stereocenters. The van der Waals surface area contributed by atoms with Gasteiger partial charge in [0.15, 0.2) is 0 Å². The minimum atomic E-state index is -0.403. The van der Waals surface area contributed by atoms with Crippen LogP contribution in [0.3, 0.4) is 0 Å². The molecule has 1 aliphatic rings. The second-order valence-corrected chi connectivity index (χ2v) is 7.68. The molecule has 0 aromatic heterocycles. The van der Waals surface area contributed by atoms with Crippen LogP contribution in [-0.2, 0) is 5.54 Å². The molecule has 0 N–H and O–H groups in total. The summed E-state index contributed by atoms with van der Waals surface area (Å²) >= 11 is 3.76. The van der Waals surface area contributed by atoms with E-state index in [9.17, 15) is 0 Å². The highest BCUT2D eigenvalue weighted by Crippen LogP contribution is 2.44. The lowest BCUT2D eigenvalue weighted by molar-refractivity contribution is 0.251. The monoisotopic (exact) mass is 415 g/mol. The van der Waals surface area contributed by atoms with E-state index < -0.39 is 5.54 Å². The van der Waals surface area contributed by atoms with Crippen molar-refractivity contribution >= 4 is 15.9 Å². The minimum absolute atomic E-state index is 0.403. The quantitative estimate of drug-likeness (QED) is 0.440. The standard InChI is InChI=1S/C25H22BrN/c1-20-17-18-27(19-24(20)26)25(21-11-5-2-6-12-21,22-13-7-3-8-14-22)23-15-9-4-10-16-23/h2-17,19H,18H2,1H3. The van der Waals surface area contributed by atoms with Gasteiger partial charge in [0.25, 0.3) is 0 Å². The van der Waals surface area contributed by atoms with Gasteiger partial charge in [0, 0.05) is 17.2 Å². The molecule has 0 radical (unpaired) electrons. The normalized spacial score (nSPS) is 14.5. The number of benzene rings is 3. The second-order valence-electron chi connectivity index (χ2n) is 6.83. The number of rotatable bonds is 4. The number of hydrogen-bond acceptors (Lipinski definition) is 1. The van der Waals surface area contributed by atoms with Crippen LogP contribution in [0.15, 0.2) is 113 Å². The summed E-state index contributed by atoms with van der Waals surface area (Å²) in [5.74, 6) is 0. The molecule has 0 saturated carbocycles. The molecular formula is C25H22BrN. The molecule has 27 heavy (non-hydrogen) atoms. The number of hydrogen-bond donors (Lipinski definition) is 0. The number of allylic oxidation sites excluding steroid dienone is 2. The van der Waals surface area contributed by atoms with Gasteiger partial charge in [-0.25, -0.2) is 0 Å². The smallest absolute Gasteiger partial charge is 0.116 e. The van der Waals surface area contributed by atoms with Gasteiger partial charge in [-0.1, -0.05) is 97.1 Å². The van der Waals surface area contributed by atoms with Crippen molar-refractivity contribution in [1.82, 2.24) is 4.90 Å². The highest BCUT2D eigenvalue weighted by Gasteiger charge is 2.41. The fraction of sp³-hybridized carbons (Fsp3) is 0.120. The maximum atomic E-state index is 3.76. The Morgan fingerprint density at radius 3 is 1.48 bits per heavy atom. The number of halogens is 1. The van der Waals surface area contributed by atoms with Crippen molar-refractivity contribution in [3.8, 4) is 0 Å². The third-order valence-electron chi connectivity index (χ3n) is 5.25. The summed E-state index contributed by atoms with van der Waals surface area (Å²) < 4.78 is 1.13. The fourth-order valence-corrected chi connectivity index (χ4v) is 4.30. The summed E-state index contributed by atoms with van der Waals surface area (Å²) in [5, 5.41) is 0. The van der Waals surface area contributed by atoms with Crippen LogP contribution in [0.1, 0.15) is 23.6 Å². The van der Waals surface area contributed by atoms with E-state index in [2.05, 4.69) is 131 Å². The zero-order valence-corrected chi connectivity index (χ0v) is 16.9. The van der Waals surface area contributed by atoms with Gasteiger partial charge in [-0.3, -0.25) is 0 Å². The van der Waals surface area contributed by atoms with E-state index in [1.54, 1.807) is 0 Å². The van der Waals surface area contributed by atoms with Crippen molar-refractivity contribution in [1.29, 1.82) is 0 Å². The van der Waals surface area contributed by atoms with Crippen LogP contribution >= 0.6 is 15.9 Å². The van der Waals surface area contributed by atoms with E-state index in [0.717, 1.165) is 11.0 Å². The molecule has 0 amide bonds. The Hall–Kier alpha value is -2.58. The average Bonchev–Trinajstić information content (AvgIpc) is 2.74. The highest BCUT2D eigenvalue weighted by molar-refractivity contribution is 9.12. The summed E-state index contributed by atoms with van der Waals surface area (Å²) in [6.07, 6.45) is 4.52. The van der Waals surface area contributed by atoms with Crippen molar-refractivity contribution in [2.45, 2.75) is 12.5 Å². The van der Waals surface area contributed by atoms with E-state index >= 15 is 0 Å². The zero-order valence-electron chi connectivity index (χ0n) is 15.3. The predicted octanol–water partition coefficient (Wildman–Crippen LogP) is 6.48. The first kappa shape index (κ1) is 17.8. The Morgan fingerprint density at radius 1 is 0.704 bits per heavy atom. The van der Waals surface area contributed by atoms with Gasteiger partial charge in [0.1, 0.15) is 5.54 Å². The van der Waals surface area contributed by atoms with Gasteiger partial charge in [-0.2, -0.15) is 0 Å². The van der Waals surface area contributed by atoms with E-state index in [0.29, 0.717) is 0 Å². The first-order valence-corrected chi connectivity index (χ1v) is 10.00. The highest BCUT2D eigenvalue weighted by atomic mass is 79.9. The lowest BCUT2D eigenvalue weighted by Crippen LogP contribution is -2.46. The van der Waals surface area contributed by atoms with E-state index in [4.69, 9.17) is 0 Å². The summed E-state index contributed by atoms with van der Waals surface area (Å²) in [7, 11) is 0. The fourth-order valence-electron chi connectivity index (χ4n) is 3.89. The molecule has 1 aliphatic heterocycles. The lowest BCUT2D eigenvalue weighted by Gasteiger charge is -2.46. The Bertz CT molecular complexity index is 862. The van der Waals surface area contributed by atoms with Crippen molar-refractivity contribution in [2.75, 3.05) is 6.54 Å². The molecule has 0 bridgehead atoms. The average molecular weight is 416 g/mol. The molecule has 4 rings (SSSR count). The zero-order chi connectivity index (χ0) is 18.7. The molecule has 1 nitrogen and oxygen atoms in total. The van der Waals surface area contributed by atoms with E-state index in [1.807, 2.05) is 0 Å². The van der Waals surface area contributed by atoms with Crippen LogP contribution in [0.4, 0.5) is 0 Å².